The number of benzene rings is 1. The van der Waals surface area contributed by atoms with Crippen molar-refractivity contribution in [2.24, 2.45) is 0 Å². The molecule has 1 aliphatic carbocycles. The van der Waals surface area contributed by atoms with Crippen molar-refractivity contribution in [2.75, 3.05) is 0 Å². The van der Waals surface area contributed by atoms with Gasteiger partial charge >= 0.3 is 0 Å². The highest BCUT2D eigenvalue weighted by Crippen LogP contribution is 2.47. The van der Waals surface area contributed by atoms with E-state index in [9.17, 15) is 0 Å². The van der Waals surface area contributed by atoms with Gasteiger partial charge in [0.25, 0.3) is 0 Å². The zero-order chi connectivity index (χ0) is 15.3. The minimum absolute atomic E-state index is 0.280. The quantitative estimate of drug-likeness (QED) is 0.529. The molecule has 1 unspecified atom stereocenters. The van der Waals surface area contributed by atoms with Crippen LogP contribution >= 0.6 is 27.3 Å². The van der Waals surface area contributed by atoms with Crippen LogP contribution in [-0.2, 0) is 10.8 Å². The standard InChI is InChI=1S/C19H23BrS/c1-18(2)8-9-19(3,4)16-11-13(5-6-15(16)18)17(20)14-7-10-21-12-14/h5-7,10-12,17H,8-9H2,1-4H3. The Hall–Kier alpha value is -0.600. The van der Waals surface area contributed by atoms with Crippen LogP contribution in [0.5, 0.6) is 0 Å². The van der Waals surface area contributed by atoms with E-state index in [1.165, 1.54) is 35.1 Å². The van der Waals surface area contributed by atoms with Crippen LogP contribution in [0.15, 0.2) is 35.0 Å². The third-order valence-corrected chi connectivity index (χ3v) is 6.76. The summed E-state index contributed by atoms with van der Waals surface area (Å²) in [4.78, 5) is 0.301. The second-order valence-electron chi connectivity index (χ2n) is 7.49. The van der Waals surface area contributed by atoms with Crippen molar-refractivity contribution in [1.82, 2.24) is 0 Å². The zero-order valence-corrected chi connectivity index (χ0v) is 15.6. The molecule has 2 aromatic rings. The first-order chi connectivity index (χ1) is 9.81. The highest BCUT2D eigenvalue weighted by molar-refractivity contribution is 9.09. The molecule has 0 saturated heterocycles. The summed E-state index contributed by atoms with van der Waals surface area (Å²) in [5.41, 5.74) is 6.38. The van der Waals surface area contributed by atoms with Crippen molar-refractivity contribution in [1.29, 1.82) is 0 Å². The smallest absolute Gasteiger partial charge is 0.0652 e. The predicted molar refractivity (Wildman–Crippen MR) is 96.8 cm³/mol. The van der Waals surface area contributed by atoms with E-state index < -0.39 is 0 Å². The maximum absolute atomic E-state index is 3.87. The normalized spacial score (nSPS) is 20.8. The van der Waals surface area contributed by atoms with Crippen LogP contribution in [0.3, 0.4) is 0 Å². The number of hydrogen-bond donors (Lipinski definition) is 0. The lowest BCUT2D eigenvalue weighted by Gasteiger charge is -2.42. The van der Waals surface area contributed by atoms with Crippen molar-refractivity contribution < 1.29 is 0 Å². The molecule has 2 heteroatoms. The second kappa shape index (κ2) is 5.24. The summed E-state index contributed by atoms with van der Waals surface area (Å²) in [6.45, 7) is 9.54. The molecule has 0 spiro atoms. The highest BCUT2D eigenvalue weighted by Gasteiger charge is 2.37. The van der Waals surface area contributed by atoms with E-state index >= 15 is 0 Å². The van der Waals surface area contributed by atoms with E-state index in [4.69, 9.17) is 0 Å². The zero-order valence-electron chi connectivity index (χ0n) is 13.2. The average Bonchev–Trinajstić information content (AvgIpc) is 2.97. The second-order valence-corrected chi connectivity index (χ2v) is 9.19. The van der Waals surface area contributed by atoms with Gasteiger partial charge in [-0.3, -0.25) is 0 Å². The molecule has 1 atom stereocenters. The summed E-state index contributed by atoms with van der Waals surface area (Å²) in [5, 5.41) is 4.38. The fourth-order valence-electron chi connectivity index (χ4n) is 3.38. The molecule has 3 rings (SSSR count). The van der Waals surface area contributed by atoms with Crippen LogP contribution in [0.2, 0.25) is 0 Å². The molecule has 1 aromatic carbocycles. The first-order valence-electron chi connectivity index (χ1n) is 7.62. The Morgan fingerprint density at radius 2 is 1.62 bits per heavy atom. The summed E-state index contributed by atoms with van der Waals surface area (Å²) in [6, 6.07) is 9.32. The fourth-order valence-corrected chi connectivity index (χ4v) is 4.81. The molecule has 0 N–H and O–H groups in total. The lowest BCUT2D eigenvalue weighted by Crippen LogP contribution is -2.33. The lowest BCUT2D eigenvalue weighted by molar-refractivity contribution is 0.331. The topological polar surface area (TPSA) is 0 Å². The minimum Gasteiger partial charge on any atom is -0.152 e. The Bertz CT molecular complexity index is 638. The predicted octanol–water partition coefficient (Wildman–Crippen LogP) is 6.58. The van der Waals surface area contributed by atoms with Gasteiger partial charge in [-0.1, -0.05) is 61.8 Å². The molecule has 112 valence electrons. The van der Waals surface area contributed by atoms with Gasteiger partial charge in [-0.25, -0.2) is 0 Å². The number of alkyl halides is 1. The van der Waals surface area contributed by atoms with Crippen molar-refractivity contribution in [3.05, 3.63) is 57.3 Å². The third-order valence-electron chi connectivity index (χ3n) is 5.01. The van der Waals surface area contributed by atoms with E-state index in [-0.39, 0.29) is 5.41 Å². The Labute approximate surface area is 140 Å². The Kier molecular flexibility index (Phi) is 3.82. The van der Waals surface area contributed by atoms with Crippen LogP contribution in [0.25, 0.3) is 0 Å². The van der Waals surface area contributed by atoms with Crippen molar-refractivity contribution in [2.45, 2.75) is 56.2 Å². The molecule has 0 aliphatic heterocycles. The first-order valence-corrected chi connectivity index (χ1v) is 9.48. The molecule has 1 aromatic heterocycles. The molecule has 0 nitrogen and oxygen atoms in total. The summed E-state index contributed by atoms with van der Waals surface area (Å²) < 4.78 is 0. The maximum Gasteiger partial charge on any atom is 0.0652 e. The molecule has 0 radical (unpaired) electrons. The van der Waals surface area contributed by atoms with Crippen LogP contribution < -0.4 is 0 Å². The van der Waals surface area contributed by atoms with Gasteiger partial charge < -0.3 is 0 Å². The number of halogens is 1. The summed E-state index contributed by atoms with van der Waals surface area (Å²) in [7, 11) is 0. The molecule has 0 fully saturated rings. The van der Waals surface area contributed by atoms with Gasteiger partial charge in [-0.15, -0.1) is 0 Å². The van der Waals surface area contributed by atoms with Crippen LogP contribution in [0.1, 0.15) is 67.6 Å². The molecular weight excluding hydrogens is 340 g/mol. The molecule has 1 heterocycles. The first kappa shape index (κ1) is 15.3. The monoisotopic (exact) mass is 362 g/mol. The Balaban J connectivity index is 2.08. The average molecular weight is 363 g/mol. The molecule has 0 amide bonds. The molecule has 0 bridgehead atoms. The van der Waals surface area contributed by atoms with Gasteiger partial charge in [0.15, 0.2) is 0 Å². The van der Waals surface area contributed by atoms with Gasteiger partial charge in [0, 0.05) is 0 Å². The number of rotatable bonds is 2. The number of thiophene rings is 1. The van der Waals surface area contributed by atoms with Gasteiger partial charge in [0.05, 0.1) is 4.83 Å². The molecule has 0 saturated carbocycles. The van der Waals surface area contributed by atoms with Crippen molar-refractivity contribution >= 4 is 27.3 Å². The van der Waals surface area contributed by atoms with E-state index in [0.29, 0.717) is 10.2 Å². The summed E-state index contributed by atoms with van der Waals surface area (Å²) in [6.07, 6.45) is 2.54. The molecule has 21 heavy (non-hydrogen) atoms. The van der Waals surface area contributed by atoms with E-state index in [2.05, 4.69) is 78.7 Å². The maximum atomic E-state index is 3.87. The largest absolute Gasteiger partial charge is 0.152 e. The highest BCUT2D eigenvalue weighted by atomic mass is 79.9. The third kappa shape index (κ3) is 2.73. The lowest BCUT2D eigenvalue weighted by atomic mass is 9.63. The van der Waals surface area contributed by atoms with Crippen molar-refractivity contribution in [3.8, 4) is 0 Å². The Morgan fingerprint density at radius 1 is 0.952 bits per heavy atom. The van der Waals surface area contributed by atoms with Crippen LogP contribution in [0, 0.1) is 0 Å². The van der Waals surface area contributed by atoms with E-state index in [0.717, 1.165) is 0 Å². The van der Waals surface area contributed by atoms with Crippen LogP contribution in [-0.4, -0.2) is 0 Å². The fraction of sp³-hybridized carbons (Fsp3) is 0.474. The minimum atomic E-state index is 0.280. The van der Waals surface area contributed by atoms with E-state index in [1.54, 1.807) is 11.3 Å². The van der Waals surface area contributed by atoms with Crippen molar-refractivity contribution in [3.63, 3.8) is 0 Å². The van der Waals surface area contributed by atoms with Crippen LogP contribution in [0.4, 0.5) is 0 Å². The summed E-state index contributed by atoms with van der Waals surface area (Å²) >= 11 is 5.63. The van der Waals surface area contributed by atoms with Gasteiger partial charge in [0.1, 0.15) is 0 Å². The SMILES string of the molecule is CC1(C)CCC(C)(C)c2cc(C(Br)c3ccsc3)ccc21. The van der Waals surface area contributed by atoms with Gasteiger partial charge in [-0.05, 0) is 62.8 Å². The number of hydrogen-bond acceptors (Lipinski definition) is 1. The summed E-state index contributed by atoms with van der Waals surface area (Å²) in [5.74, 6) is 0. The molecule has 1 aliphatic rings. The van der Waals surface area contributed by atoms with E-state index in [1.807, 2.05) is 0 Å². The molecular formula is C19H23BrS. The van der Waals surface area contributed by atoms with Gasteiger partial charge in [0.2, 0.25) is 0 Å². The Morgan fingerprint density at radius 3 is 2.24 bits per heavy atom. The van der Waals surface area contributed by atoms with Gasteiger partial charge in [-0.2, -0.15) is 11.3 Å². The number of fused-ring (bicyclic) bond motifs is 1.